The van der Waals surface area contributed by atoms with Gasteiger partial charge in [-0.25, -0.2) is 4.98 Å². The maximum absolute atomic E-state index is 5.60. The van der Waals surface area contributed by atoms with Crippen molar-refractivity contribution in [3.05, 3.63) is 18.1 Å². The number of aromatic nitrogens is 4. The quantitative estimate of drug-likeness (QED) is 0.885. The maximum Gasteiger partial charge on any atom is 0.254 e. The molecule has 96 valence electrons. The summed E-state index contributed by atoms with van der Waals surface area (Å²) < 4.78 is 7.31. The lowest BCUT2D eigenvalue weighted by molar-refractivity contribution is -0.0601. The summed E-state index contributed by atoms with van der Waals surface area (Å²) >= 11 is 0. The van der Waals surface area contributed by atoms with E-state index in [1.807, 2.05) is 13.0 Å². The van der Waals surface area contributed by atoms with Crippen LogP contribution in [0.5, 0.6) is 0 Å². The SMILES string of the molecule is COC1(CNc2cc(C)nc3ncnn23)CCC1. The van der Waals surface area contributed by atoms with E-state index in [4.69, 9.17) is 4.74 Å². The molecule has 0 aromatic carbocycles. The third-order valence-electron chi connectivity index (χ3n) is 3.67. The zero-order valence-corrected chi connectivity index (χ0v) is 10.7. The minimum Gasteiger partial charge on any atom is -0.376 e. The predicted molar refractivity (Wildman–Crippen MR) is 67.6 cm³/mol. The molecule has 6 nitrogen and oxygen atoms in total. The van der Waals surface area contributed by atoms with Gasteiger partial charge in [0.1, 0.15) is 12.1 Å². The number of methoxy groups -OCH3 is 1. The van der Waals surface area contributed by atoms with Gasteiger partial charge in [-0.3, -0.25) is 0 Å². The van der Waals surface area contributed by atoms with Crippen LogP contribution in [-0.4, -0.2) is 38.8 Å². The van der Waals surface area contributed by atoms with E-state index in [-0.39, 0.29) is 5.60 Å². The summed E-state index contributed by atoms with van der Waals surface area (Å²) in [4.78, 5) is 8.42. The summed E-state index contributed by atoms with van der Waals surface area (Å²) in [6, 6.07) is 1.98. The van der Waals surface area contributed by atoms with Crippen molar-refractivity contribution >= 4 is 11.6 Å². The Morgan fingerprint density at radius 2 is 2.33 bits per heavy atom. The summed E-state index contributed by atoms with van der Waals surface area (Å²) in [5.41, 5.74) is 0.919. The highest BCUT2D eigenvalue weighted by Gasteiger charge is 2.36. The molecule has 2 heterocycles. The predicted octanol–water partition coefficient (Wildman–Crippen LogP) is 1.41. The van der Waals surface area contributed by atoms with Crippen molar-refractivity contribution in [3.63, 3.8) is 0 Å². The first-order chi connectivity index (χ1) is 8.72. The van der Waals surface area contributed by atoms with Crippen LogP contribution in [-0.2, 0) is 4.74 Å². The van der Waals surface area contributed by atoms with Crippen molar-refractivity contribution in [2.75, 3.05) is 19.0 Å². The molecule has 0 aliphatic heterocycles. The van der Waals surface area contributed by atoms with E-state index in [9.17, 15) is 0 Å². The highest BCUT2D eigenvalue weighted by atomic mass is 16.5. The summed E-state index contributed by atoms with van der Waals surface area (Å²) in [6.07, 6.45) is 4.98. The fraction of sp³-hybridized carbons (Fsp3) is 0.583. The highest BCUT2D eigenvalue weighted by Crippen LogP contribution is 2.35. The fourth-order valence-electron chi connectivity index (χ4n) is 2.33. The van der Waals surface area contributed by atoms with Crippen molar-refractivity contribution in [3.8, 4) is 0 Å². The van der Waals surface area contributed by atoms with E-state index in [1.54, 1.807) is 11.6 Å². The van der Waals surface area contributed by atoms with Gasteiger partial charge in [0.25, 0.3) is 5.78 Å². The van der Waals surface area contributed by atoms with E-state index in [0.29, 0.717) is 5.78 Å². The second-order valence-electron chi connectivity index (χ2n) is 4.85. The first kappa shape index (κ1) is 11.4. The first-order valence-corrected chi connectivity index (χ1v) is 6.19. The lowest BCUT2D eigenvalue weighted by atomic mass is 9.80. The number of ether oxygens (including phenoxy) is 1. The molecular weight excluding hydrogens is 230 g/mol. The number of hydrogen-bond donors (Lipinski definition) is 1. The molecule has 2 aromatic rings. The third kappa shape index (κ3) is 1.82. The van der Waals surface area contributed by atoms with Crippen LogP contribution in [0.15, 0.2) is 12.4 Å². The van der Waals surface area contributed by atoms with E-state index in [2.05, 4.69) is 20.4 Å². The Bertz CT molecular complexity index is 555. The molecule has 0 radical (unpaired) electrons. The van der Waals surface area contributed by atoms with Gasteiger partial charge in [0.15, 0.2) is 0 Å². The summed E-state index contributed by atoms with van der Waals surface area (Å²) in [7, 11) is 1.78. The molecule has 0 unspecified atom stereocenters. The Morgan fingerprint density at radius 3 is 3.00 bits per heavy atom. The van der Waals surface area contributed by atoms with Gasteiger partial charge >= 0.3 is 0 Å². The van der Waals surface area contributed by atoms with Gasteiger partial charge in [-0.1, -0.05) is 0 Å². The molecular formula is C12H17N5O. The normalized spacial score (nSPS) is 17.7. The Labute approximate surface area is 105 Å². The van der Waals surface area contributed by atoms with E-state index >= 15 is 0 Å². The van der Waals surface area contributed by atoms with Crippen LogP contribution in [0.4, 0.5) is 5.82 Å². The standard InChI is InChI=1S/C12H17N5O/c1-9-6-10(17-11(16-9)14-8-15-17)13-7-12(18-2)4-3-5-12/h6,8,13H,3-5,7H2,1-2H3. The molecule has 1 fully saturated rings. The van der Waals surface area contributed by atoms with E-state index in [1.165, 1.54) is 12.7 Å². The topological polar surface area (TPSA) is 64.3 Å². The highest BCUT2D eigenvalue weighted by molar-refractivity contribution is 5.45. The number of aryl methyl sites for hydroxylation is 1. The molecule has 1 N–H and O–H groups in total. The number of hydrogen-bond acceptors (Lipinski definition) is 5. The Morgan fingerprint density at radius 1 is 1.50 bits per heavy atom. The lowest BCUT2D eigenvalue weighted by Crippen LogP contribution is -2.45. The van der Waals surface area contributed by atoms with Gasteiger partial charge in [0, 0.05) is 25.4 Å². The number of nitrogens with zero attached hydrogens (tertiary/aromatic N) is 4. The lowest BCUT2D eigenvalue weighted by Gasteiger charge is -2.40. The first-order valence-electron chi connectivity index (χ1n) is 6.19. The van der Waals surface area contributed by atoms with E-state index in [0.717, 1.165) is 30.9 Å². The third-order valence-corrected chi connectivity index (χ3v) is 3.67. The van der Waals surface area contributed by atoms with Crippen LogP contribution in [0.1, 0.15) is 25.0 Å². The second-order valence-corrected chi connectivity index (χ2v) is 4.85. The Hall–Kier alpha value is -1.69. The monoisotopic (exact) mass is 247 g/mol. The van der Waals surface area contributed by atoms with Crippen molar-refractivity contribution in [1.29, 1.82) is 0 Å². The van der Waals surface area contributed by atoms with Gasteiger partial charge in [-0.2, -0.15) is 14.6 Å². The largest absolute Gasteiger partial charge is 0.376 e. The molecule has 1 aliphatic rings. The van der Waals surface area contributed by atoms with Crippen molar-refractivity contribution in [2.24, 2.45) is 0 Å². The second kappa shape index (κ2) is 4.20. The van der Waals surface area contributed by atoms with Gasteiger partial charge in [-0.15, -0.1) is 0 Å². The van der Waals surface area contributed by atoms with Crippen molar-refractivity contribution in [2.45, 2.75) is 31.8 Å². The molecule has 0 amide bonds. The molecule has 3 rings (SSSR count). The van der Waals surface area contributed by atoms with Crippen LogP contribution < -0.4 is 5.32 Å². The Balaban J connectivity index is 1.83. The fourth-order valence-corrected chi connectivity index (χ4v) is 2.33. The van der Waals surface area contributed by atoms with Crippen LogP contribution in [0.2, 0.25) is 0 Å². The summed E-state index contributed by atoms with van der Waals surface area (Å²) in [6.45, 7) is 2.75. The van der Waals surface area contributed by atoms with Crippen molar-refractivity contribution < 1.29 is 4.74 Å². The molecule has 2 aromatic heterocycles. The number of fused-ring (bicyclic) bond motifs is 1. The molecule has 1 saturated carbocycles. The number of nitrogens with one attached hydrogen (secondary N) is 1. The summed E-state index contributed by atoms with van der Waals surface area (Å²) in [5, 5.41) is 7.57. The maximum atomic E-state index is 5.60. The number of anilines is 1. The zero-order chi connectivity index (χ0) is 12.6. The van der Waals surface area contributed by atoms with Crippen LogP contribution in [0, 0.1) is 6.92 Å². The minimum absolute atomic E-state index is 0.00984. The molecule has 1 aliphatic carbocycles. The summed E-state index contributed by atoms with van der Waals surface area (Å²) in [5.74, 6) is 1.54. The van der Waals surface area contributed by atoms with E-state index < -0.39 is 0 Å². The molecule has 0 saturated heterocycles. The zero-order valence-electron chi connectivity index (χ0n) is 10.7. The van der Waals surface area contributed by atoms with Crippen LogP contribution >= 0.6 is 0 Å². The minimum atomic E-state index is -0.00984. The smallest absolute Gasteiger partial charge is 0.254 e. The Kier molecular flexibility index (Phi) is 2.66. The van der Waals surface area contributed by atoms with Crippen LogP contribution in [0.3, 0.4) is 0 Å². The average molecular weight is 247 g/mol. The number of rotatable bonds is 4. The molecule has 18 heavy (non-hydrogen) atoms. The van der Waals surface area contributed by atoms with Gasteiger partial charge in [0.05, 0.1) is 5.60 Å². The van der Waals surface area contributed by atoms with Gasteiger partial charge in [0.2, 0.25) is 0 Å². The van der Waals surface area contributed by atoms with Crippen molar-refractivity contribution in [1.82, 2.24) is 19.6 Å². The molecule has 0 bridgehead atoms. The van der Waals surface area contributed by atoms with Gasteiger partial charge < -0.3 is 10.1 Å². The molecule has 0 spiro atoms. The van der Waals surface area contributed by atoms with Crippen LogP contribution in [0.25, 0.3) is 5.78 Å². The molecule has 0 atom stereocenters. The van der Waals surface area contributed by atoms with Gasteiger partial charge in [-0.05, 0) is 26.2 Å². The average Bonchev–Trinajstić information content (AvgIpc) is 2.75. The molecule has 6 heteroatoms.